The molecule has 3 heterocycles. The first-order valence-corrected chi connectivity index (χ1v) is 14.2. The van der Waals surface area contributed by atoms with Crippen LogP contribution in [0.3, 0.4) is 0 Å². The fraction of sp³-hybridized carbons (Fsp3) is 0.567. The van der Waals surface area contributed by atoms with Gasteiger partial charge in [-0.2, -0.15) is 13.2 Å². The highest BCUT2D eigenvalue weighted by molar-refractivity contribution is 5.97. The number of rotatable bonds is 4. The molecule has 2 fully saturated rings. The van der Waals surface area contributed by atoms with Crippen LogP contribution in [0.25, 0.3) is 22.2 Å². The molecule has 1 amide bonds. The summed E-state index contributed by atoms with van der Waals surface area (Å²) >= 11 is 0. The molecule has 0 bridgehead atoms. The number of carbonyl (C=O) groups is 1. The van der Waals surface area contributed by atoms with E-state index in [1.807, 2.05) is 19.1 Å². The van der Waals surface area contributed by atoms with E-state index >= 15 is 0 Å². The minimum absolute atomic E-state index is 0.0732. The Kier molecular flexibility index (Phi) is 7.69. The molecule has 2 aliphatic rings. The highest BCUT2D eigenvalue weighted by atomic mass is 19.4. The number of ether oxygens (including phenoxy) is 1. The first-order chi connectivity index (χ1) is 19.2. The number of nitrogens with one attached hydrogen (secondary N) is 2. The van der Waals surface area contributed by atoms with E-state index in [-0.39, 0.29) is 23.6 Å². The van der Waals surface area contributed by atoms with Gasteiger partial charge >= 0.3 is 12.3 Å². The van der Waals surface area contributed by atoms with Crippen molar-refractivity contribution in [1.82, 2.24) is 19.9 Å². The van der Waals surface area contributed by atoms with E-state index in [9.17, 15) is 23.1 Å². The predicted octanol–water partition coefficient (Wildman–Crippen LogP) is 6.86. The highest BCUT2D eigenvalue weighted by Crippen LogP contribution is 2.43. The van der Waals surface area contributed by atoms with Gasteiger partial charge in [0, 0.05) is 48.0 Å². The van der Waals surface area contributed by atoms with Crippen LogP contribution in [0.4, 0.5) is 23.9 Å². The van der Waals surface area contributed by atoms with Gasteiger partial charge in [0.2, 0.25) is 5.95 Å². The van der Waals surface area contributed by atoms with Crippen LogP contribution in [0.2, 0.25) is 0 Å². The molecule has 41 heavy (non-hydrogen) atoms. The number of fused-ring (bicyclic) bond motifs is 1. The standard InChI is InChI=1S/C30H38F3N5O3/c1-28(2,3)41-27(39)38-14-6-7-19(17-38)36-26-35-16-23(30(31,32)33)25(37-26)22-15-34-24-20(8-5-9-21(22)24)18-10-12-29(4,40)13-11-18/h5,8-9,15-16,18-19,34,40H,6-7,10-14,17H2,1-4H3,(H,35,36,37)/t18-,19-,29+/m0/s1. The summed E-state index contributed by atoms with van der Waals surface area (Å²) < 4.78 is 48.0. The van der Waals surface area contributed by atoms with Gasteiger partial charge in [0.1, 0.15) is 11.2 Å². The van der Waals surface area contributed by atoms with Gasteiger partial charge < -0.3 is 25.0 Å². The quantitative estimate of drug-likeness (QED) is 0.315. The lowest BCUT2D eigenvalue weighted by atomic mass is 9.76. The number of nitrogens with zero attached hydrogens (tertiary/aromatic N) is 3. The smallest absolute Gasteiger partial charge is 0.419 e. The maximum absolute atomic E-state index is 14.2. The molecule has 1 saturated carbocycles. The number of piperidine rings is 1. The van der Waals surface area contributed by atoms with Crippen LogP contribution in [0.1, 0.15) is 83.3 Å². The van der Waals surface area contributed by atoms with Gasteiger partial charge in [0.25, 0.3) is 0 Å². The molecule has 5 rings (SSSR count). The second-order valence-corrected chi connectivity index (χ2v) is 12.6. The fourth-order valence-corrected chi connectivity index (χ4v) is 5.90. The number of hydrogen-bond donors (Lipinski definition) is 3. The number of para-hydroxylation sites is 1. The second kappa shape index (κ2) is 10.8. The topological polar surface area (TPSA) is 103 Å². The summed E-state index contributed by atoms with van der Waals surface area (Å²) in [7, 11) is 0. The fourth-order valence-electron chi connectivity index (χ4n) is 5.90. The van der Waals surface area contributed by atoms with Crippen molar-refractivity contribution in [2.75, 3.05) is 18.4 Å². The third kappa shape index (κ3) is 6.60. The zero-order chi connectivity index (χ0) is 29.6. The summed E-state index contributed by atoms with van der Waals surface area (Å²) in [5.41, 5.74) is -0.253. The lowest BCUT2D eigenvalue weighted by molar-refractivity contribution is -0.137. The number of halogens is 3. The molecule has 0 radical (unpaired) electrons. The molecule has 1 aliphatic heterocycles. The van der Waals surface area contributed by atoms with Gasteiger partial charge in [0.05, 0.1) is 11.3 Å². The Hall–Kier alpha value is -3.34. The largest absolute Gasteiger partial charge is 0.444 e. The lowest BCUT2D eigenvalue weighted by Gasteiger charge is -2.34. The number of hydrogen-bond acceptors (Lipinski definition) is 6. The maximum Gasteiger partial charge on any atom is 0.419 e. The van der Waals surface area contributed by atoms with Crippen molar-refractivity contribution in [3.63, 3.8) is 0 Å². The van der Waals surface area contributed by atoms with Crippen LogP contribution in [-0.2, 0) is 10.9 Å². The molecule has 3 aromatic rings. The number of aromatic nitrogens is 3. The van der Waals surface area contributed by atoms with Crippen molar-refractivity contribution in [3.05, 3.63) is 41.7 Å². The van der Waals surface area contributed by atoms with Crippen LogP contribution < -0.4 is 5.32 Å². The Morgan fingerprint density at radius 2 is 1.93 bits per heavy atom. The Morgan fingerprint density at radius 3 is 2.61 bits per heavy atom. The third-order valence-electron chi connectivity index (χ3n) is 8.01. The van der Waals surface area contributed by atoms with Gasteiger partial charge in [-0.25, -0.2) is 14.8 Å². The van der Waals surface area contributed by atoms with E-state index in [4.69, 9.17) is 4.74 Å². The van der Waals surface area contributed by atoms with Gasteiger partial charge in [0.15, 0.2) is 0 Å². The molecule has 1 aliphatic carbocycles. The molecule has 222 valence electrons. The molecular formula is C30H38F3N5O3. The first-order valence-electron chi connectivity index (χ1n) is 14.2. The zero-order valence-electron chi connectivity index (χ0n) is 23.9. The van der Waals surface area contributed by atoms with Crippen molar-refractivity contribution in [1.29, 1.82) is 0 Å². The summed E-state index contributed by atoms with van der Waals surface area (Å²) in [6.07, 6.45) is 1.72. The van der Waals surface area contributed by atoms with E-state index in [1.54, 1.807) is 37.9 Å². The first kappa shape index (κ1) is 29.2. The summed E-state index contributed by atoms with van der Waals surface area (Å²) in [4.78, 5) is 25.8. The molecule has 1 aromatic carbocycles. The second-order valence-electron chi connectivity index (χ2n) is 12.6. The lowest BCUT2D eigenvalue weighted by Crippen LogP contribution is -2.47. The Morgan fingerprint density at radius 1 is 1.20 bits per heavy atom. The van der Waals surface area contributed by atoms with Crippen LogP contribution >= 0.6 is 0 Å². The van der Waals surface area contributed by atoms with E-state index < -0.39 is 29.0 Å². The van der Waals surface area contributed by atoms with Crippen LogP contribution in [0, 0.1) is 0 Å². The van der Waals surface area contributed by atoms with E-state index in [0.717, 1.165) is 30.1 Å². The van der Waals surface area contributed by atoms with Crippen molar-refractivity contribution >= 4 is 22.9 Å². The normalized spacial score (nSPS) is 24.0. The monoisotopic (exact) mass is 573 g/mol. The minimum atomic E-state index is -4.65. The molecule has 1 saturated heterocycles. The molecule has 2 aromatic heterocycles. The van der Waals surface area contributed by atoms with E-state index in [2.05, 4.69) is 20.3 Å². The molecule has 8 nitrogen and oxygen atoms in total. The van der Waals surface area contributed by atoms with Crippen LogP contribution in [-0.4, -0.2) is 61.4 Å². The summed E-state index contributed by atoms with van der Waals surface area (Å²) in [5.74, 6) is 0.276. The third-order valence-corrected chi connectivity index (χ3v) is 8.01. The van der Waals surface area contributed by atoms with Gasteiger partial charge in [-0.1, -0.05) is 18.2 Å². The van der Waals surface area contributed by atoms with E-state index in [1.165, 1.54) is 0 Å². The summed E-state index contributed by atoms with van der Waals surface area (Å²) in [5, 5.41) is 14.2. The van der Waals surface area contributed by atoms with Crippen LogP contribution in [0.5, 0.6) is 0 Å². The number of amides is 1. The average molecular weight is 574 g/mol. The summed E-state index contributed by atoms with van der Waals surface area (Å²) in [6, 6.07) is 5.44. The Balaban J connectivity index is 1.44. The van der Waals surface area contributed by atoms with Crippen molar-refractivity contribution in [2.24, 2.45) is 0 Å². The number of H-pyrrole nitrogens is 1. The van der Waals surface area contributed by atoms with Gasteiger partial charge in [-0.05, 0) is 77.7 Å². The summed E-state index contributed by atoms with van der Waals surface area (Å²) in [6.45, 7) is 8.13. The molecule has 0 unspecified atom stereocenters. The number of aromatic amines is 1. The molecule has 0 spiro atoms. The number of aliphatic hydroxyl groups is 1. The minimum Gasteiger partial charge on any atom is -0.444 e. The highest BCUT2D eigenvalue weighted by Gasteiger charge is 2.37. The number of likely N-dealkylation sites (tertiary alicyclic amines) is 1. The van der Waals surface area contributed by atoms with E-state index in [0.29, 0.717) is 49.7 Å². The molecular weight excluding hydrogens is 535 g/mol. The van der Waals surface area contributed by atoms with Crippen molar-refractivity contribution in [3.8, 4) is 11.3 Å². The number of alkyl halides is 3. The van der Waals surface area contributed by atoms with Crippen molar-refractivity contribution in [2.45, 2.75) is 95.6 Å². The maximum atomic E-state index is 14.2. The Labute approximate surface area is 237 Å². The number of benzene rings is 1. The SMILES string of the molecule is CC(C)(C)OC(=O)N1CCC[C@H](Nc2ncc(C(F)(F)F)c(-c3c[nH]c4c3cccc4[C@H]3CC[C@@](C)(O)CC3)n2)C1. The molecule has 1 atom stereocenters. The van der Waals surface area contributed by atoms with Crippen LogP contribution in [0.15, 0.2) is 30.6 Å². The zero-order valence-corrected chi connectivity index (χ0v) is 23.9. The predicted molar refractivity (Wildman–Crippen MR) is 151 cm³/mol. The molecule has 11 heteroatoms. The molecule has 3 N–H and O–H groups in total. The number of anilines is 1. The average Bonchev–Trinajstić information content (AvgIpc) is 3.32. The van der Waals surface area contributed by atoms with Gasteiger partial charge in [-0.3, -0.25) is 0 Å². The number of carbonyl (C=O) groups excluding carboxylic acids is 1. The van der Waals surface area contributed by atoms with Gasteiger partial charge in [-0.15, -0.1) is 0 Å². The van der Waals surface area contributed by atoms with Crippen molar-refractivity contribution < 1.29 is 27.8 Å². The Bertz CT molecular complexity index is 1400.